The fourth-order valence-electron chi connectivity index (χ4n) is 13.2. The van der Waals surface area contributed by atoms with Crippen molar-refractivity contribution < 1.29 is 148 Å². The van der Waals surface area contributed by atoms with Crippen LogP contribution in [-0.2, 0) is 71.3 Å². The van der Waals surface area contributed by atoms with Gasteiger partial charge in [0.05, 0.1) is 55.3 Å². The number of methoxy groups -OCH3 is 2. The van der Waals surface area contributed by atoms with Crippen LogP contribution in [0.4, 0.5) is 0 Å². The summed E-state index contributed by atoms with van der Waals surface area (Å²) in [7, 11) is 2.83. The zero-order valence-corrected chi connectivity index (χ0v) is 47.8. The molecule has 490 valence electrons. The number of carboxylic acid groups (broad SMARTS) is 1. The minimum Gasteiger partial charge on any atom is -0.481 e. The Morgan fingerprint density at radius 1 is 0.512 bits per heavy atom. The van der Waals surface area contributed by atoms with E-state index in [1.54, 1.807) is 6.08 Å². The average Bonchev–Trinajstić information content (AvgIpc) is 1.37. The maximum atomic E-state index is 13.7. The number of fused-ring (bicyclic) bond motifs is 1. The maximum absolute atomic E-state index is 13.7. The molecule has 4 saturated heterocycles. The molecule has 0 bridgehead atoms. The van der Waals surface area contributed by atoms with Crippen molar-refractivity contribution in [3.63, 3.8) is 0 Å². The Labute approximate surface area is 495 Å². The summed E-state index contributed by atoms with van der Waals surface area (Å²) in [5.74, 6) is -6.33. The zero-order valence-electron chi connectivity index (χ0n) is 47.8. The molecule has 4 saturated carbocycles. The van der Waals surface area contributed by atoms with Gasteiger partial charge in [0, 0.05) is 45.1 Å². The number of hydrogen-bond acceptors (Lipinski definition) is 28. The van der Waals surface area contributed by atoms with E-state index in [9.17, 15) is 85.6 Å². The third-order valence-corrected chi connectivity index (χ3v) is 18.1. The van der Waals surface area contributed by atoms with E-state index < -0.39 is 221 Å². The number of carbonyl (C=O) groups is 4. The van der Waals surface area contributed by atoms with Crippen molar-refractivity contribution in [2.75, 3.05) is 34.0 Å². The van der Waals surface area contributed by atoms with Crippen LogP contribution in [0, 0.1) is 23.7 Å². The molecule has 0 aromatic carbocycles. The molecule has 4 heterocycles. The Morgan fingerprint density at radius 3 is 1.74 bits per heavy atom. The van der Waals surface area contributed by atoms with E-state index in [2.05, 4.69) is 0 Å². The van der Waals surface area contributed by atoms with Gasteiger partial charge in [-0.3, -0.25) is 9.59 Å². The van der Waals surface area contributed by atoms with Crippen LogP contribution in [-0.4, -0.2) is 293 Å². The van der Waals surface area contributed by atoms with E-state index in [-0.39, 0.29) is 63.2 Å². The number of aliphatic hydroxyl groups excluding tert-OH is 13. The predicted octanol–water partition coefficient (Wildman–Crippen LogP) is -5.27. The van der Waals surface area contributed by atoms with Crippen LogP contribution >= 0.6 is 0 Å². The van der Waals surface area contributed by atoms with Gasteiger partial charge in [0.15, 0.2) is 37.2 Å². The number of rotatable bonds is 21. The van der Waals surface area contributed by atoms with E-state index in [1.807, 2.05) is 0 Å². The second kappa shape index (κ2) is 31.0. The lowest BCUT2D eigenvalue weighted by Crippen LogP contribution is -2.66. The number of esters is 3. The van der Waals surface area contributed by atoms with Gasteiger partial charge < -0.3 is 128 Å². The van der Waals surface area contributed by atoms with Gasteiger partial charge in [-0.25, -0.2) is 9.59 Å². The number of carboxylic acids is 1. The molecule has 26 atom stereocenters. The van der Waals surface area contributed by atoms with Gasteiger partial charge in [-0.05, 0) is 76.0 Å². The van der Waals surface area contributed by atoms with E-state index in [0.717, 1.165) is 6.08 Å². The normalized spacial score (nSPS) is 45.9. The first kappa shape index (κ1) is 68.4. The highest BCUT2D eigenvalue weighted by Crippen LogP contribution is 2.45. The van der Waals surface area contributed by atoms with Crippen molar-refractivity contribution in [2.24, 2.45) is 23.7 Å². The highest BCUT2D eigenvalue weighted by atomic mass is 16.8. The molecule has 30 nitrogen and oxygen atoms in total. The SMILES string of the molecule is COC1CC(C=CC(=O)O[C@H]2[C@H](O[C@H]3[C@H](OC4CC5C(O[C@@H]6O[C@H](COC(=O)CC(=O)O)[C@@H](O)[C@H](O)[C@H]6O)CC(O)CC5[OH+]C4C4CCC(O)C(O)C4)O[C@H](COC(=O)C=CC4CCC(O)CC4)[C@@H](O)[C@@H]3O)O[C@H](CO)[C@@H](O)[C@@H]2O)CC(OC)C1O. The van der Waals surface area contributed by atoms with Gasteiger partial charge in [-0.2, -0.15) is 0 Å². The first-order valence-corrected chi connectivity index (χ1v) is 29.5. The molecule has 4 aliphatic heterocycles. The minimum atomic E-state index is -2.08. The number of allylic oxidation sites excluding steroid dienone is 2. The Balaban J connectivity index is 1.08. The summed E-state index contributed by atoms with van der Waals surface area (Å²) in [4.78, 5) is 50.1. The quantitative estimate of drug-likeness (QED) is 0.0168. The third-order valence-electron chi connectivity index (χ3n) is 18.1. The maximum Gasteiger partial charge on any atom is 0.330 e. The van der Waals surface area contributed by atoms with Crippen LogP contribution in [0.15, 0.2) is 24.3 Å². The van der Waals surface area contributed by atoms with Gasteiger partial charge in [0.2, 0.25) is 0 Å². The molecule has 4 aliphatic carbocycles. The second-order valence-corrected chi connectivity index (χ2v) is 24.0. The summed E-state index contributed by atoms with van der Waals surface area (Å²) < 4.78 is 69.9. The zero-order chi connectivity index (χ0) is 62.3. The molecule has 0 aromatic heterocycles. The first-order valence-electron chi connectivity index (χ1n) is 29.5. The van der Waals surface area contributed by atoms with E-state index in [4.69, 9.17) is 61.9 Å². The number of ether oxygens (including phenoxy) is 12. The van der Waals surface area contributed by atoms with Crippen LogP contribution < -0.4 is 0 Å². The van der Waals surface area contributed by atoms with Crippen LogP contribution in [0.2, 0.25) is 0 Å². The highest BCUT2D eigenvalue weighted by Gasteiger charge is 2.59. The van der Waals surface area contributed by atoms with Crippen LogP contribution in [0.1, 0.15) is 83.5 Å². The van der Waals surface area contributed by atoms with E-state index >= 15 is 0 Å². The molecule has 0 amide bonds. The summed E-state index contributed by atoms with van der Waals surface area (Å²) in [5.41, 5.74) is 0. The topological polar surface area (TPSA) is 466 Å². The molecule has 8 rings (SSSR count). The smallest absolute Gasteiger partial charge is 0.330 e. The van der Waals surface area contributed by atoms with Gasteiger partial charge >= 0.3 is 23.9 Å². The number of aliphatic carboxylic acids is 1. The summed E-state index contributed by atoms with van der Waals surface area (Å²) >= 11 is 0. The highest BCUT2D eigenvalue weighted by molar-refractivity contribution is 5.90. The average molecular weight is 1240 g/mol. The van der Waals surface area contributed by atoms with Gasteiger partial charge in [0.1, 0.15) is 99.0 Å². The predicted molar refractivity (Wildman–Crippen MR) is 283 cm³/mol. The van der Waals surface area contributed by atoms with Crippen molar-refractivity contribution in [3.8, 4) is 0 Å². The van der Waals surface area contributed by atoms with Gasteiger partial charge in [0.25, 0.3) is 0 Å². The Kier molecular flexibility index (Phi) is 24.7. The Hall–Kier alpha value is -3.52. The molecule has 0 spiro atoms. The molecule has 30 heteroatoms. The van der Waals surface area contributed by atoms with Crippen molar-refractivity contribution >= 4 is 23.9 Å². The summed E-state index contributed by atoms with van der Waals surface area (Å²) in [5, 5.41) is 152. The molecular formula is C56H87O30+. The molecule has 0 aromatic rings. The molecule has 8 fully saturated rings. The third kappa shape index (κ3) is 16.9. The molecule has 0 radical (unpaired) electrons. The Morgan fingerprint density at radius 2 is 1.09 bits per heavy atom. The van der Waals surface area contributed by atoms with Crippen LogP contribution in [0.3, 0.4) is 0 Å². The van der Waals surface area contributed by atoms with E-state index in [1.165, 1.54) is 26.4 Å². The monoisotopic (exact) mass is 1240 g/mol. The summed E-state index contributed by atoms with van der Waals surface area (Å²) in [6.07, 6.45) is -30.4. The molecule has 11 unspecified atom stereocenters. The summed E-state index contributed by atoms with van der Waals surface area (Å²) in [6.45, 7) is -2.36. The van der Waals surface area contributed by atoms with Crippen molar-refractivity contribution in [1.29, 1.82) is 0 Å². The van der Waals surface area contributed by atoms with Crippen molar-refractivity contribution in [2.45, 2.75) is 243 Å². The fourth-order valence-corrected chi connectivity index (χ4v) is 13.2. The molecule has 15 N–H and O–H groups in total. The van der Waals surface area contributed by atoms with Crippen molar-refractivity contribution in [3.05, 3.63) is 24.3 Å². The Bertz CT molecular complexity index is 2240. The fraction of sp³-hybridized carbons (Fsp3) is 0.857. The molecular weight excluding hydrogens is 1150 g/mol. The summed E-state index contributed by atoms with van der Waals surface area (Å²) in [6, 6.07) is 0. The van der Waals surface area contributed by atoms with Crippen LogP contribution in [0.5, 0.6) is 0 Å². The van der Waals surface area contributed by atoms with Gasteiger partial charge in [-0.1, -0.05) is 12.2 Å². The standard InChI is InChI=1S/C56H86O30/c1-75-33-13-24(14-34(76-2)43(33)67)6-12-41(65)85-52-48(72)44(68)36(20-57)82-56(52)86-53-49(73)46(70)38(21-77-40(64)11-5-23-3-8-26(58)9-4-23)84-55(53)81-35-18-28-31(79-51(35)25-7-10-29(60)30(61)15-25)16-27(59)17-32(28)80-54-50(74)47(71)45(69)37(83-54)22-78-42(66)19-39(62)63/h5-6,11-12,23-38,43-61,67-74H,3-4,7-10,13-22H2,1-2H3,(H,62,63)/p+1/t23?,24?,25?,26?,27?,28?,29?,30?,31?,32?,33?,34?,35?,36-,37-,38-,43?,44-,45-,46-,47+,48+,49+,50-,51?,52-,53-,54-,55-,56+/m1/s1. The van der Waals surface area contributed by atoms with Gasteiger partial charge in [-0.15, -0.1) is 0 Å². The van der Waals surface area contributed by atoms with E-state index in [0.29, 0.717) is 25.7 Å². The lowest BCUT2D eigenvalue weighted by Gasteiger charge is -2.51. The number of carbonyl (C=O) groups excluding carboxylic acids is 3. The van der Waals surface area contributed by atoms with Crippen LogP contribution in [0.25, 0.3) is 0 Å². The molecule has 8 aliphatic rings. The minimum absolute atomic E-state index is 0.00106. The largest absolute Gasteiger partial charge is 0.481 e. The number of aliphatic hydroxyl groups is 15. The first-order chi connectivity index (χ1) is 41.0. The number of hydrogen-bond donors (Lipinski definition) is 14. The lowest BCUT2D eigenvalue weighted by molar-refractivity contribution is -0.390. The lowest BCUT2D eigenvalue weighted by atomic mass is 9.72. The second-order valence-electron chi connectivity index (χ2n) is 24.0. The molecule has 86 heavy (non-hydrogen) atoms. The van der Waals surface area contributed by atoms with Crippen molar-refractivity contribution in [1.82, 2.24) is 0 Å².